The fourth-order valence-electron chi connectivity index (χ4n) is 12.5. The zero-order valence-corrected chi connectivity index (χ0v) is 71.5. The predicted octanol–water partition coefficient (Wildman–Crippen LogP) is 18.7. The van der Waals surface area contributed by atoms with Crippen molar-refractivity contribution in [1.29, 1.82) is 0 Å². The van der Waals surface area contributed by atoms with Gasteiger partial charge >= 0.3 is 101 Å². The van der Waals surface area contributed by atoms with Crippen molar-refractivity contribution in [2.24, 2.45) is 0 Å². The molecule has 26 heteroatoms. The van der Waals surface area contributed by atoms with Gasteiger partial charge in [-0.2, -0.15) is 64.7 Å². The quantitative estimate of drug-likeness (QED) is 0.0590. The summed E-state index contributed by atoms with van der Waals surface area (Å²) in [5.74, 6) is 6.15. The number of benzene rings is 3. The number of thiophene rings is 3. The molecule has 3 aliphatic rings. The van der Waals surface area contributed by atoms with Gasteiger partial charge in [0.15, 0.2) is 17.1 Å². The van der Waals surface area contributed by atoms with Crippen molar-refractivity contribution < 1.29 is 42.8 Å². The molecule has 0 unspecified atom stereocenters. The van der Waals surface area contributed by atoms with E-state index in [1.807, 2.05) is 157 Å². The summed E-state index contributed by atoms with van der Waals surface area (Å²) in [6, 6.07) is 17.2. The first kappa shape index (κ1) is 80.7. The Kier molecular flexibility index (Phi) is 25.7. The fourth-order valence-corrected chi connectivity index (χ4v) is 27.0. The summed E-state index contributed by atoms with van der Waals surface area (Å²) in [5.41, 5.74) is 12.2. The molecule has 0 bridgehead atoms. The molecule has 0 radical (unpaired) electrons. The van der Waals surface area contributed by atoms with Gasteiger partial charge in [0.1, 0.15) is 60.0 Å². The third-order valence-electron chi connectivity index (χ3n) is 19.7. The van der Waals surface area contributed by atoms with E-state index in [1.54, 1.807) is 103 Å². The van der Waals surface area contributed by atoms with Crippen molar-refractivity contribution in [3.63, 3.8) is 0 Å². The molecule has 13 rings (SSSR count). The smallest absolute Gasteiger partial charge is 0.274 e. The van der Waals surface area contributed by atoms with Crippen LogP contribution in [0.25, 0.3) is 62.1 Å². The minimum atomic E-state index is -2.09. The second kappa shape index (κ2) is 34.2. The second-order valence-electron chi connectivity index (χ2n) is 29.5. The number of hydrogen-bond donors (Lipinski definition) is 1. The molecule has 0 spiro atoms. The number of hydrogen-bond acceptors (Lipinski definition) is 17. The van der Waals surface area contributed by atoms with Crippen molar-refractivity contribution in [1.82, 2.24) is 59.5 Å². The number of terminal acetylenes is 2. The molecule has 107 heavy (non-hydrogen) atoms. The standard InChI is InChI=1S/C23H24N6O3S.C23H23N3O3S.C21H22BrN3O3S.3C4H9.C2H.Sn/c1-23(2,3)28(4)22(30)20-16-11-32-19-9-18(31-5)14(17-10-24-27-25-17)8-15(19)21(16)29(26-20)13-6-7-33-12-13;1-7-14-10-16-19(11-18(14)28-6)29-12-17-20(22(27)25(5)23(2,3)4)24-26(21(16)17)15-8-9-30-13-15;1-21(2,3)24(4)20(26)18-14-10-28-16-9-17(27-5)15(22)8-13(16)19(14)25(23-18)12-6-7-29-11-12;3*1-3-4-2;1-2;/h6-10,12H,11H2,1-5H3,(H,24,25,27);1,8-11,13H,12H2,2-6H3;6-9,11H,10H2,1-5H3;3*1,3-4H2,2H3;1H;. The Morgan fingerprint density at radius 3 is 1.23 bits per heavy atom. The first-order valence-electron chi connectivity index (χ1n) is 35.8. The molecular weight excluding hydrogens is 1580 g/mol. The molecule has 0 aliphatic carbocycles. The molecule has 0 fully saturated rings. The number of carbonyl (C=O) groups excluding carboxylic acids is 3. The SMILES string of the molecule is C#Cc1cc2c(cc1OC)OCc1c(C(=O)N(C)C(C)(C)C)nn(-c3ccsc3)c1-2.C#[C][Sn]([CH2]CCC)([CH2]CCC)[CH2]CCC.COc1cc2c(cc1-c1cn[nH]n1)-c1c(c(C(=O)N(C)C(C)(C)C)nn1-c1ccsc1)CO2.COc1cc2c(cc1Br)-c1c(c(C(=O)N(C)C(C)(C)C)nn1-c1ccsc1)CO2. The number of aromatic amines is 1. The van der Waals surface area contributed by atoms with Gasteiger partial charge in [0.25, 0.3) is 17.7 Å². The van der Waals surface area contributed by atoms with Gasteiger partial charge in [-0.25, -0.2) is 14.0 Å². The normalized spacial score (nSPS) is 12.4. The topological polar surface area (TPSA) is 211 Å². The molecule has 1 N–H and O–H groups in total. The number of amides is 3. The van der Waals surface area contributed by atoms with Crippen LogP contribution in [-0.4, -0.2) is 155 Å². The molecule has 10 aromatic rings. The minimum Gasteiger partial charge on any atom is -0.496 e. The Hall–Kier alpha value is -8.86. The third kappa shape index (κ3) is 17.2. The van der Waals surface area contributed by atoms with Crippen LogP contribution in [0.4, 0.5) is 0 Å². The maximum absolute atomic E-state index is 13.5. The maximum atomic E-state index is 13.5. The molecular formula is C81H97BrN12O9S3Sn. The summed E-state index contributed by atoms with van der Waals surface area (Å²) in [4.78, 5) is 45.2. The molecule has 3 aliphatic heterocycles. The first-order chi connectivity index (χ1) is 51.0. The average Bonchev–Trinajstić information content (AvgIpc) is 1.61. The second-order valence-corrected chi connectivity index (χ2v) is 45.1. The number of rotatable bonds is 19. The monoisotopic (exact) mass is 1680 g/mol. The molecule has 10 heterocycles. The number of carbonyl (C=O) groups is 3. The molecule has 21 nitrogen and oxygen atoms in total. The van der Waals surface area contributed by atoms with Crippen LogP contribution in [0.15, 0.2) is 97.5 Å². The molecule has 7 aromatic heterocycles. The van der Waals surface area contributed by atoms with E-state index in [0.717, 1.165) is 77.6 Å². The van der Waals surface area contributed by atoms with E-state index in [2.05, 4.69) is 62.0 Å². The van der Waals surface area contributed by atoms with Gasteiger partial charge in [-0.1, -0.05) is 5.92 Å². The van der Waals surface area contributed by atoms with E-state index < -0.39 is 18.4 Å². The van der Waals surface area contributed by atoms with Crippen molar-refractivity contribution in [2.75, 3.05) is 42.5 Å². The van der Waals surface area contributed by atoms with Crippen LogP contribution < -0.4 is 28.4 Å². The van der Waals surface area contributed by atoms with Gasteiger partial charge in [-0.15, -0.1) is 6.42 Å². The summed E-state index contributed by atoms with van der Waals surface area (Å²) in [5, 5.41) is 37.0. The number of ether oxygens (including phenoxy) is 6. The van der Waals surface area contributed by atoms with Gasteiger partial charge in [-0.05, 0) is 131 Å². The van der Waals surface area contributed by atoms with Crippen molar-refractivity contribution in [3.8, 4) is 119 Å². The van der Waals surface area contributed by atoms with Gasteiger partial charge in [0.2, 0.25) is 0 Å². The van der Waals surface area contributed by atoms with Crippen LogP contribution in [0.5, 0.6) is 34.5 Å². The maximum Gasteiger partial charge on any atom is 0.274 e. The number of H-pyrrole nitrogens is 1. The Labute approximate surface area is 653 Å². The van der Waals surface area contributed by atoms with Crippen molar-refractivity contribution >= 4 is 86.0 Å². The zero-order valence-electron chi connectivity index (χ0n) is 64.6. The number of aromatic nitrogens is 9. The van der Waals surface area contributed by atoms with Crippen molar-refractivity contribution in [3.05, 3.63) is 137 Å². The Bertz CT molecular complexity index is 4850. The number of unbranched alkanes of at least 4 members (excludes halogenated alkanes) is 3. The van der Waals surface area contributed by atoms with Crippen LogP contribution >= 0.6 is 49.9 Å². The van der Waals surface area contributed by atoms with Gasteiger partial charge in [0, 0.05) is 111 Å². The molecule has 564 valence electrons. The van der Waals surface area contributed by atoms with Crippen LogP contribution in [0.2, 0.25) is 13.3 Å². The van der Waals surface area contributed by atoms with Crippen LogP contribution in [0, 0.1) is 22.7 Å². The molecule has 3 amide bonds. The summed E-state index contributed by atoms with van der Waals surface area (Å²) in [7, 11) is 10.2. The van der Waals surface area contributed by atoms with Gasteiger partial charge < -0.3 is 43.1 Å². The largest absolute Gasteiger partial charge is 0.496 e. The fraction of sp³-hybridized carbons (Fsp3) is 0.407. The first-order valence-corrected chi connectivity index (χ1v) is 46.9. The van der Waals surface area contributed by atoms with Crippen LogP contribution in [-0.2, 0) is 19.8 Å². The summed E-state index contributed by atoms with van der Waals surface area (Å²) in [6.07, 6.45) is 21.3. The number of nitrogens with one attached hydrogen (secondary N) is 1. The number of halogens is 1. The number of methoxy groups -OCH3 is 3. The minimum absolute atomic E-state index is 0.123. The number of nitrogens with zero attached hydrogens (tertiary/aromatic N) is 11. The van der Waals surface area contributed by atoms with E-state index in [0.29, 0.717) is 62.8 Å². The van der Waals surface area contributed by atoms with E-state index >= 15 is 0 Å². The van der Waals surface area contributed by atoms with E-state index in [9.17, 15) is 14.4 Å². The van der Waals surface area contributed by atoms with E-state index in [4.69, 9.17) is 56.6 Å². The number of fused-ring (bicyclic) bond motifs is 9. The third-order valence-corrected chi connectivity index (χ3v) is 35.3. The summed E-state index contributed by atoms with van der Waals surface area (Å²) >= 11 is 6.20. The Balaban J connectivity index is 0.000000157. The Morgan fingerprint density at radius 1 is 0.551 bits per heavy atom. The van der Waals surface area contributed by atoms with Crippen LogP contribution in [0.3, 0.4) is 0 Å². The average molecular weight is 1680 g/mol. The van der Waals surface area contributed by atoms with Gasteiger partial charge in [-0.3, -0.25) is 14.4 Å². The Morgan fingerprint density at radius 2 is 0.916 bits per heavy atom. The van der Waals surface area contributed by atoms with Crippen LogP contribution in [0.1, 0.15) is 175 Å². The van der Waals surface area contributed by atoms with Crippen molar-refractivity contribution in [2.45, 2.75) is 171 Å². The molecule has 3 aromatic carbocycles. The molecule has 0 saturated heterocycles. The van der Waals surface area contributed by atoms with E-state index in [-0.39, 0.29) is 54.2 Å². The zero-order chi connectivity index (χ0) is 77.4. The molecule has 0 atom stereocenters. The summed E-state index contributed by atoms with van der Waals surface area (Å²) < 4.78 is 48.5. The summed E-state index contributed by atoms with van der Waals surface area (Å²) in [6.45, 7) is 25.6. The van der Waals surface area contributed by atoms with E-state index in [1.165, 1.54) is 51.8 Å². The molecule has 0 saturated carbocycles. The predicted molar refractivity (Wildman–Crippen MR) is 434 cm³/mol. The van der Waals surface area contributed by atoms with Gasteiger partial charge in [0.05, 0.1) is 71.7 Å².